The Labute approximate surface area is 79.5 Å². The lowest BCUT2D eigenvalue weighted by Gasteiger charge is -2.30. The van der Waals surface area contributed by atoms with Crippen LogP contribution >= 0.6 is 0 Å². The number of rotatable bonds is 2. The summed E-state index contributed by atoms with van der Waals surface area (Å²) in [6, 6.07) is 0.250. The molecule has 1 unspecified atom stereocenters. The van der Waals surface area contributed by atoms with Gasteiger partial charge in [0, 0.05) is 25.7 Å². The first kappa shape index (κ1) is 10.5. The van der Waals surface area contributed by atoms with Crippen LogP contribution in [0.2, 0.25) is 0 Å². The summed E-state index contributed by atoms with van der Waals surface area (Å²) in [4.78, 5) is 13.7. The first-order valence-electron chi connectivity index (χ1n) is 4.90. The van der Waals surface area contributed by atoms with Crippen molar-refractivity contribution in [1.29, 1.82) is 0 Å². The molecule has 0 saturated carbocycles. The van der Waals surface area contributed by atoms with Crippen molar-refractivity contribution in [2.75, 3.05) is 19.6 Å². The number of hydrogen-bond donors (Lipinski definition) is 2. The summed E-state index contributed by atoms with van der Waals surface area (Å²) < 4.78 is 0. The normalized spacial score (nSPS) is 25.8. The van der Waals surface area contributed by atoms with E-state index in [1.165, 1.54) is 0 Å². The fourth-order valence-corrected chi connectivity index (χ4v) is 1.76. The van der Waals surface area contributed by atoms with Crippen molar-refractivity contribution < 1.29 is 4.79 Å². The second kappa shape index (κ2) is 4.58. The molecule has 4 heteroatoms. The molecular weight excluding hydrogens is 166 g/mol. The van der Waals surface area contributed by atoms with Gasteiger partial charge in [0.25, 0.3) is 0 Å². The van der Waals surface area contributed by atoms with Gasteiger partial charge in [0.2, 0.25) is 5.91 Å². The lowest BCUT2D eigenvalue weighted by atomic mass is 10.2. The Hall–Kier alpha value is -0.610. The maximum absolute atomic E-state index is 11.5. The summed E-state index contributed by atoms with van der Waals surface area (Å²) in [7, 11) is 0. The van der Waals surface area contributed by atoms with E-state index in [-0.39, 0.29) is 11.9 Å². The summed E-state index contributed by atoms with van der Waals surface area (Å²) in [5.74, 6) is 0.0775. The molecule has 1 heterocycles. The molecule has 0 aromatic rings. The predicted molar refractivity (Wildman–Crippen MR) is 52.3 cm³/mol. The average molecular weight is 185 g/mol. The molecule has 1 aliphatic heterocycles. The number of hydrogen-bond acceptors (Lipinski definition) is 3. The van der Waals surface area contributed by atoms with Gasteiger partial charge in [-0.25, -0.2) is 0 Å². The Kier molecular flexibility index (Phi) is 3.69. The Morgan fingerprint density at radius 2 is 2.38 bits per heavy atom. The van der Waals surface area contributed by atoms with Gasteiger partial charge in [-0.2, -0.15) is 0 Å². The zero-order chi connectivity index (χ0) is 9.84. The van der Waals surface area contributed by atoms with Gasteiger partial charge < -0.3 is 11.1 Å². The zero-order valence-corrected chi connectivity index (χ0v) is 8.42. The van der Waals surface area contributed by atoms with Crippen LogP contribution in [0.15, 0.2) is 0 Å². The predicted octanol–water partition coefficient (Wildman–Crippen LogP) is -0.456. The van der Waals surface area contributed by atoms with Gasteiger partial charge in [-0.3, -0.25) is 9.69 Å². The van der Waals surface area contributed by atoms with Gasteiger partial charge in [0.05, 0.1) is 0 Å². The maximum Gasteiger partial charge on any atom is 0.238 e. The number of nitrogens with zero attached hydrogens (tertiary/aromatic N) is 1. The second-order valence-corrected chi connectivity index (χ2v) is 3.73. The number of nitrogens with one attached hydrogen (secondary N) is 1. The molecule has 0 radical (unpaired) electrons. The van der Waals surface area contributed by atoms with Crippen molar-refractivity contribution >= 4 is 5.91 Å². The van der Waals surface area contributed by atoms with E-state index < -0.39 is 0 Å². The van der Waals surface area contributed by atoms with Gasteiger partial charge in [-0.1, -0.05) is 0 Å². The van der Waals surface area contributed by atoms with Crippen molar-refractivity contribution in [3.8, 4) is 0 Å². The summed E-state index contributed by atoms with van der Waals surface area (Å²) >= 11 is 0. The molecule has 1 atom stereocenters. The molecule has 0 aromatic heterocycles. The van der Waals surface area contributed by atoms with Crippen LogP contribution in [0.4, 0.5) is 0 Å². The standard InChI is InChI=1S/C9H19N3O/c1-7(2)12-5-3-4-11-9(13)8(12)6-10/h7-8H,3-6,10H2,1-2H3,(H,11,13). The minimum absolute atomic E-state index is 0.0775. The minimum atomic E-state index is -0.137. The SMILES string of the molecule is CC(C)N1CCCNC(=O)C1CN. The highest BCUT2D eigenvalue weighted by Crippen LogP contribution is 2.08. The molecule has 0 aromatic carbocycles. The Morgan fingerprint density at radius 1 is 1.69 bits per heavy atom. The number of nitrogens with two attached hydrogens (primary N) is 1. The van der Waals surface area contributed by atoms with Gasteiger partial charge in [-0.05, 0) is 20.3 Å². The number of carbonyl (C=O) groups excluding carboxylic acids is 1. The smallest absolute Gasteiger partial charge is 0.238 e. The molecule has 1 rings (SSSR count). The monoisotopic (exact) mass is 185 g/mol. The third kappa shape index (κ3) is 2.42. The van der Waals surface area contributed by atoms with Crippen LogP contribution in [0.1, 0.15) is 20.3 Å². The Bertz CT molecular complexity index is 182. The van der Waals surface area contributed by atoms with Crippen molar-refractivity contribution in [3.63, 3.8) is 0 Å². The highest BCUT2D eigenvalue weighted by Gasteiger charge is 2.27. The first-order valence-corrected chi connectivity index (χ1v) is 4.90. The summed E-state index contributed by atoms with van der Waals surface area (Å²) in [6.07, 6.45) is 1.01. The van der Waals surface area contributed by atoms with Crippen LogP contribution in [0.25, 0.3) is 0 Å². The third-order valence-electron chi connectivity index (χ3n) is 2.48. The highest BCUT2D eigenvalue weighted by molar-refractivity contribution is 5.82. The quantitative estimate of drug-likeness (QED) is 0.612. The van der Waals surface area contributed by atoms with Crippen molar-refractivity contribution in [2.24, 2.45) is 5.73 Å². The van der Waals surface area contributed by atoms with E-state index in [4.69, 9.17) is 5.73 Å². The molecule has 1 saturated heterocycles. The Morgan fingerprint density at radius 3 is 2.92 bits per heavy atom. The summed E-state index contributed by atoms with van der Waals surface area (Å²) in [5.41, 5.74) is 5.59. The first-order chi connectivity index (χ1) is 6.16. The molecule has 76 valence electrons. The summed E-state index contributed by atoms with van der Waals surface area (Å²) in [6.45, 7) is 6.34. The Balaban J connectivity index is 2.71. The van der Waals surface area contributed by atoms with Crippen LogP contribution in [0, 0.1) is 0 Å². The highest BCUT2D eigenvalue weighted by atomic mass is 16.2. The molecule has 3 N–H and O–H groups in total. The van der Waals surface area contributed by atoms with Gasteiger partial charge >= 0.3 is 0 Å². The minimum Gasteiger partial charge on any atom is -0.355 e. The molecule has 0 aliphatic carbocycles. The number of amides is 1. The molecular formula is C9H19N3O. The van der Waals surface area contributed by atoms with Crippen LogP contribution in [-0.4, -0.2) is 42.5 Å². The van der Waals surface area contributed by atoms with Crippen molar-refractivity contribution in [3.05, 3.63) is 0 Å². The van der Waals surface area contributed by atoms with E-state index in [9.17, 15) is 4.79 Å². The van der Waals surface area contributed by atoms with Crippen molar-refractivity contribution in [2.45, 2.75) is 32.4 Å². The van der Waals surface area contributed by atoms with E-state index in [1.807, 2.05) is 0 Å². The fourth-order valence-electron chi connectivity index (χ4n) is 1.76. The lowest BCUT2D eigenvalue weighted by molar-refractivity contribution is -0.125. The van der Waals surface area contributed by atoms with Crippen molar-refractivity contribution in [1.82, 2.24) is 10.2 Å². The molecule has 0 spiro atoms. The van der Waals surface area contributed by atoms with Crippen LogP contribution in [-0.2, 0) is 4.79 Å². The maximum atomic E-state index is 11.5. The topological polar surface area (TPSA) is 58.4 Å². The van der Waals surface area contributed by atoms with E-state index in [0.29, 0.717) is 12.6 Å². The summed E-state index contributed by atoms with van der Waals surface area (Å²) in [5, 5.41) is 2.87. The van der Waals surface area contributed by atoms with Gasteiger partial charge in [0.1, 0.15) is 6.04 Å². The third-order valence-corrected chi connectivity index (χ3v) is 2.48. The van der Waals surface area contributed by atoms with Crippen LogP contribution < -0.4 is 11.1 Å². The molecule has 4 nitrogen and oxygen atoms in total. The number of carbonyl (C=O) groups is 1. The van der Waals surface area contributed by atoms with E-state index in [2.05, 4.69) is 24.1 Å². The van der Waals surface area contributed by atoms with E-state index in [1.54, 1.807) is 0 Å². The zero-order valence-electron chi connectivity index (χ0n) is 8.42. The van der Waals surface area contributed by atoms with Crippen LogP contribution in [0.5, 0.6) is 0 Å². The lowest BCUT2D eigenvalue weighted by Crippen LogP contribution is -2.51. The van der Waals surface area contributed by atoms with Gasteiger partial charge in [-0.15, -0.1) is 0 Å². The van der Waals surface area contributed by atoms with E-state index >= 15 is 0 Å². The molecule has 1 amide bonds. The second-order valence-electron chi connectivity index (χ2n) is 3.73. The fraction of sp³-hybridized carbons (Fsp3) is 0.889. The molecule has 1 fully saturated rings. The average Bonchev–Trinajstić information content (AvgIpc) is 2.26. The molecule has 0 bridgehead atoms. The largest absolute Gasteiger partial charge is 0.355 e. The van der Waals surface area contributed by atoms with Gasteiger partial charge in [0.15, 0.2) is 0 Å². The molecule has 1 aliphatic rings. The van der Waals surface area contributed by atoms with E-state index in [0.717, 1.165) is 19.5 Å². The molecule has 13 heavy (non-hydrogen) atoms. The van der Waals surface area contributed by atoms with Crippen LogP contribution in [0.3, 0.4) is 0 Å².